The number of aromatic nitrogens is 2. The molecular formula is C9H15N2O7P2S+. The summed E-state index contributed by atoms with van der Waals surface area (Å²) in [6.07, 6.45) is 3.45. The van der Waals surface area contributed by atoms with E-state index in [1.807, 2.05) is 0 Å². The molecule has 0 aliphatic carbocycles. The highest BCUT2D eigenvalue weighted by molar-refractivity contribution is 7.80. The first-order chi connectivity index (χ1) is 9.57. The largest absolute Gasteiger partial charge is 0.480 e. The van der Waals surface area contributed by atoms with Gasteiger partial charge in [-0.2, -0.15) is 27.3 Å². The van der Waals surface area contributed by atoms with Crippen molar-refractivity contribution in [3.05, 3.63) is 23.8 Å². The van der Waals surface area contributed by atoms with Gasteiger partial charge in [0.1, 0.15) is 0 Å². The van der Waals surface area contributed by atoms with Gasteiger partial charge in [0, 0.05) is 6.20 Å². The van der Waals surface area contributed by atoms with Gasteiger partial charge in [0.15, 0.2) is 0 Å². The van der Waals surface area contributed by atoms with Crippen LogP contribution in [-0.2, 0) is 15.8 Å². The number of hydrogen-bond acceptors (Lipinski definition) is 8. The molecule has 0 aliphatic rings. The first-order valence-corrected chi connectivity index (χ1v) is 9.62. The lowest BCUT2D eigenvalue weighted by atomic mass is 10.2. The van der Waals surface area contributed by atoms with Crippen LogP contribution in [0, 0.1) is 0 Å². The van der Waals surface area contributed by atoms with Gasteiger partial charge in [-0.25, -0.2) is 4.79 Å². The van der Waals surface area contributed by atoms with Crippen molar-refractivity contribution in [1.82, 2.24) is 9.97 Å². The average Bonchev–Trinajstić information content (AvgIpc) is 2.35. The van der Waals surface area contributed by atoms with Crippen LogP contribution in [0.1, 0.15) is 23.5 Å². The second-order valence-corrected chi connectivity index (χ2v) is 7.88. The van der Waals surface area contributed by atoms with E-state index >= 15 is 0 Å². The van der Waals surface area contributed by atoms with Gasteiger partial charge < -0.3 is 9.79 Å². The maximum absolute atomic E-state index is 11.6. The summed E-state index contributed by atoms with van der Waals surface area (Å²) in [4.78, 5) is 64.3. The van der Waals surface area contributed by atoms with Gasteiger partial charge in [-0.05, 0) is 18.6 Å². The van der Waals surface area contributed by atoms with Gasteiger partial charge in [0.05, 0.1) is 17.6 Å². The van der Waals surface area contributed by atoms with Crippen LogP contribution in [0.3, 0.4) is 0 Å². The Hall–Kier alpha value is -0.440. The topological polar surface area (TPSA) is 161 Å². The molecule has 0 bridgehead atoms. The summed E-state index contributed by atoms with van der Waals surface area (Å²) in [5.74, 6) is 0.625. The Kier molecular flexibility index (Phi) is 6.39. The predicted octanol–water partition coefficient (Wildman–Crippen LogP) is -0.176. The van der Waals surface area contributed by atoms with Crippen LogP contribution < -0.4 is 0 Å². The molecule has 1 heterocycles. The summed E-state index contributed by atoms with van der Waals surface area (Å²) in [7, 11) is -10.2. The van der Waals surface area contributed by atoms with E-state index in [0.29, 0.717) is 17.9 Å². The molecule has 12 heteroatoms. The van der Waals surface area contributed by atoms with Crippen LogP contribution in [0.5, 0.6) is 0 Å². The van der Waals surface area contributed by atoms with Crippen molar-refractivity contribution in [2.45, 2.75) is 18.5 Å². The average molecular weight is 357 g/mol. The van der Waals surface area contributed by atoms with Gasteiger partial charge in [-0.15, -0.1) is 0 Å². The van der Waals surface area contributed by atoms with Crippen LogP contribution >= 0.6 is 28.2 Å². The fourth-order valence-corrected chi connectivity index (χ4v) is 3.80. The monoisotopic (exact) mass is 357 g/mol. The minimum absolute atomic E-state index is 0.440. The molecule has 0 amide bonds. The highest BCUT2D eigenvalue weighted by atomic mass is 32.1. The van der Waals surface area contributed by atoms with E-state index in [9.17, 15) is 19.1 Å². The Morgan fingerprint density at radius 3 is 2.29 bits per heavy atom. The zero-order valence-electron chi connectivity index (χ0n) is 10.6. The lowest BCUT2D eigenvalue weighted by Gasteiger charge is -2.15. The van der Waals surface area contributed by atoms with E-state index in [2.05, 4.69) is 22.6 Å². The highest BCUT2D eigenvalue weighted by Crippen LogP contribution is 2.61. The number of aryl methyl sites for hydroxylation is 1. The second kappa shape index (κ2) is 7.21. The molecule has 5 N–H and O–H groups in total. The van der Waals surface area contributed by atoms with Crippen molar-refractivity contribution < 1.29 is 33.8 Å². The summed E-state index contributed by atoms with van der Waals surface area (Å²) in [5.41, 5.74) is -3.95. The Bertz CT molecular complexity index is 542. The third-order valence-corrected chi connectivity index (χ3v) is 5.00. The van der Waals surface area contributed by atoms with Gasteiger partial charge in [-0.1, -0.05) is 0 Å². The van der Waals surface area contributed by atoms with Crippen LogP contribution in [-0.4, -0.2) is 45.7 Å². The van der Waals surface area contributed by atoms with Gasteiger partial charge >= 0.3 is 21.1 Å². The zero-order valence-corrected chi connectivity index (χ0v) is 13.3. The molecule has 0 saturated carbocycles. The standard InChI is InChI=1S/C9H14N2O7P2S/c12-9(20(16,17)18)8(19(13,14)15)7-5-10-6(4-11-7)2-1-3-21/h4-5,8,16-18H,1-3H2,(H2-,13,14,15,21)/p+1. The van der Waals surface area contributed by atoms with E-state index < -0.39 is 32.4 Å². The summed E-state index contributed by atoms with van der Waals surface area (Å²) in [6, 6.07) is 0. The van der Waals surface area contributed by atoms with Gasteiger partial charge in [-0.3, -0.25) is 14.5 Å². The molecule has 21 heavy (non-hydrogen) atoms. The van der Waals surface area contributed by atoms with E-state index in [0.717, 1.165) is 12.6 Å². The van der Waals surface area contributed by atoms with Crippen LogP contribution in [0.25, 0.3) is 0 Å². The maximum Gasteiger partial charge on any atom is 0.480 e. The molecule has 1 rings (SSSR count). The number of carbonyl (C=O) groups is 1. The molecular weight excluding hydrogens is 342 g/mol. The zero-order chi connectivity index (χ0) is 16.3. The fraction of sp³-hybridized carbons (Fsp3) is 0.444. The normalized spacial score (nSPS) is 14.0. The number of hydrogen-bond donors (Lipinski definition) is 6. The minimum atomic E-state index is -5.10. The summed E-state index contributed by atoms with van der Waals surface area (Å²) >= 11 is 4.02. The van der Waals surface area contributed by atoms with Gasteiger partial charge in [0.25, 0.3) is 0 Å². The molecule has 1 aromatic rings. The molecule has 0 spiro atoms. The SMILES string of the molecule is O=C(C(c1cnc(CCCS)cn1)P(=O)(O)O)[P+](O)(O)O. The second-order valence-electron chi connectivity index (χ2n) is 4.16. The first-order valence-electron chi connectivity index (χ1n) is 5.66. The van der Waals surface area contributed by atoms with E-state index in [1.165, 1.54) is 6.20 Å². The lowest BCUT2D eigenvalue weighted by Crippen LogP contribution is -2.18. The number of thiol groups is 1. The molecule has 0 aromatic carbocycles. The van der Waals surface area contributed by atoms with Crippen molar-refractivity contribution in [3.63, 3.8) is 0 Å². The quantitative estimate of drug-likeness (QED) is 0.287. The Balaban J connectivity index is 3.11. The molecule has 1 atom stereocenters. The van der Waals surface area contributed by atoms with Crippen molar-refractivity contribution in [2.24, 2.45) is 0 Å². The van der Waals surface area contributed by atoms with E-state index in [4.69, 9.17) is 14.7 Å². The minimum Gasteiger partial charge on any atom is -0.324 e. The van der Waals surface area contributed by atoms with Crippen LogP contribution in [0.15, 0.2) is 12.4 Å². The van der Waals surface area contributed by atoms with Crippen molar-refractivity contribution in [2.75, 3.05) is 5.75 Å². The Morgan fingerprint density at radius 1 is 1.29 bits per heavy atom. The van der Waals surface area contributed by atoms with E-state index in [1.54, 1.807) is 0 Å². The number of carbonyl (C=O) groups excluding carboxylic acids is 1. The van der Waals surface area contributed by atoms with Crippen molar-refractivity contribution in [1.29, 1.82) is 0 Å². The van der Waals surface area contributed by atoms with Crippen LogP contribution in [0.2, 0.25) is 0 Å². The molecule has 118 valence electrons. The molecule has 0 radical (unpaired) electrons. The number of rotatable bonds is 7. The Labute approximate surface area is 126 Å². The summed E-state index contributed by atoms with van der Waals surface area (Å²) in [6.45, 7) is 0. The van der Waals surface area contributed by atoms with Gasteiger partial charge in [0.2, 0.25) is 5.66 Å². The molecule has 0 aliphatic heterocycles. The van der Waals surface area contributed by atoms with Crippen molar-refractivity contribution >= 4 is 33.7 Å². The third-order valence-electron chi connectivity index (χ3n) is 2.46. The smallest absolute Gasteiger partial charge is 0.324 e. The molecule has 0 saturated heterocycles. The molecule has 1 aromatic heterocycles. The summed E-state index contributed by atoms with van der Waals surface area (Å²) < 4.78 is 11.4. The maximum atomic E-state index is 11.6. The predicted molar refractivity (Wildman–Crippen MR) is 77.6 cm³/mol. The fourth-order valence-electron chi connectivity index (χ4n) is 1.50. The lowest BCUT2D eigenvalue weighted by molar-refractivity contribution is -0.114. The first kappa shape index (κ1) is 18.6. The van der Waals surface area contributed by atoms with Crippen molar-refractivity contribution in [3.8, 4) is 0 Å². The highest BCUT2D eigenvalue weighted by Gasteiger charge is 2.55. The third kappa shape index (κ3) is 5.36. The summed E-state index contributed by atoms with van der Waals surface area (Å²) in [5, 5.41) is 0. The van der Waals surface area contributed by atoms with E-state index in [-0.39, 0.29) is 0 Å². The number of nitrogens with zero attached hydrogens (tertiary/aromatic N) is 2. The van der Waals surface area contributed by atoms with Crippen LogP contribution in [0.4, 0.5) is 0 Å². The Morgan fingerprint density at radius 2 is 1.90 bits per heavy atom. The molecule has 9 nitrogen and oxygen atoms in total. The molecule has 0 fully saturated rings. The molecule has 1 unspecified atom stereocenters.